The van der Waals surface area contributed by atoms with Gasteiger partial charge in [0.25, 0.3) is 5.91 Å². The second-order valence-electron chi connectivity index (χ2n) is 7.67. The first-order valence-electron chi connectivity index (χ1n) is 10.6. The highest BCUT2D eigenvalue weighted by atomic mass is 32.1. The van der Waals surface area contributed by atoms with Crippen molar-refractivity contribution in [2.45, 2.75) is 33.7 Å². The van der Waals surface area contributed by atoms with Gasteiger partial charge in [-0.3, -0.25) is 19.3 Å². The SMILES string of the molecule is CCn1ccc(C(=O)N(CCCN2CCOCC2)c2nc3c(C)c(C)ccc3s2)n1. The predicted octanol–water partition coefficient (Wildman–Crippen LogP) is 3.50. The average Bonchev–Trinajstić information content (AvgIpc) is 3.42. The van der Waals surface area contributed by atoms with Crippen molar-refractivity contribution in [2.24, 2.45) is 0 Å². The minimum atomic E-state index is -0.0855. The molecule has 160 valence electrons. The van der Waals surface area contributed by atoms with E-state index < -0.39 is 0 Å². The minimum absolute atomic E-state index is 0.0855. The molecule has 1 fully saturated rings. The third-order valence-corrected chi connectivity index (χ3v) is 6.74. The number of carbonyl (C=O) groups is 1. The summed E-state index contributed by atoms with van der Waals surface area (Å²) < 4.78 is 8.33. The number of nitrogens with zero attached hydrogens (tertiary/aromatic N) is 5. The van der Waals surface area contributed by atoms with E-state index in [1.165, 1.54) is 11.1 Å². The minimum Gasteiger partial charge on any atom is -0.379 e. The summed E-state index contributed by atoms with van der Waals surface area (Å²) in [6.07, 6.45) is 2.74. The maximum atomic E-state index is 13.4. The topological polar surface area (TPSA) is 63.5 Å². The molecule has 3 heterocycles. The van der Waals surface area contributed by atoms with Gasteiger partial charge in [-0.2, -0.15) is 5.10 Å². The molecule has 1 saturated heterocycles. The highest BCUT2D eigenvalue weighted by Crippen LogP contribution is 2.32. The monoisotopic (exact) mass is 427 g/mol. The summed E-state index contributed by atoms with van der Waals surface area (Å²) in [7, 11) is 0. The maximum absolute atomic E-state index is 13.4. The summed E-state index contributed by atoms with van der Waals surface area (Å²) in [5, 5.41) is 5.18. The first-order chi connectivity index (χ1) is 14.6. The van der Waals surface area contributed by atoms with E-state index in [1.54, 1.807) is 22.1 Å². The summed E-state index contributed by atoms with van der Waals surface area (Å²) in [6.45, 7) is 12.0. The van der Waals surface area contributed by atoms with E-state index in [0.29, 0.717) is 12.2 Å². The van der Waals surface area contributed by atoms with Crippen LogP contribution >= 0.6 is 11.3 Å². The molecule has 0 N–H and O–H groups in total. The summed E-state index contributed by atoms with van der Waals surface area (Å²) in [5.74, 6) is -0.0855. The van der Waals surface area contributed by atoms with E-state index in [0.717, 1.165) is 61.2 Å². The van der Waals surface area contributed by atoms with Gasteiger partial charge in [-0.15, -0.1) is 0 Å². The predicted molar refractivity (Wildman–Crippen MR) is 121 cm³/mol. The number of morpholine rings is 1. The van der Waals surface area contributed by atoms with E-state index in [4.69, 9.17) is 9.72 Å². The normalized spacial score (nSPS) is 15.0. The number of rotatable bonds is 7. The van der Waals surface area contributed by atoms with E-state index in [9.17, 15) is 4.79 Å². The van der Waals surface area contributed by atoms with Crippen molar-refractivity contribution < 1.29 is 9.53 Å². The van der Waals surface area contributed by atoms with E-state index >= 15 is 0 Å². The van der Waals surface area contributed by atoms with Crippen molar-refractivity contribution in [1.29, 1.82) is 0 Å². The van der Waals surface area contributed by atoms with E-state index in [1.807, 2.05) is 18.0 Å². The zero-order valence-electron chi connectivity index (χ0n) is 17.9. The van der Waals surface area contributed by atoms with Gasteiger partial charge in [0.1, 0.15) is 0 Å². The number of aromatic nitrogens is 3. The van der Waals surface area contributed by atoms with Gasteiger partial charge in [0.05, 0.1) is 23.4 Å². The third kappa shape index (κ3) is 4.40. The Morgan fingerprint density at radius 2 is 2.03 bits per heavy atom. The second-order valence-corrected chi connectivity index (χ2v) is 8.68. The van der Waals surface area contributed by atoms with Gasteiger partial charge in [0.15, 0.2) is 10.8 Å². The largest absolute Gasteiger partial charge is 0.379 e. The molecule has 1 amide bonds. The average molecular weight is 428 g/mol. The van der Waals surface area contributed by atoms with Gasteiger partial charge in [-0.25, -0.2) is 4.98 Å². The molecular formula is C22H29N5O2S. The number of anilines is 1. The Morgan fingerprint density at radius 1 is 1.23 bits per heavy atom. The molecule has 30 heavy (non-hydrogen) atoms. The summed E-state index contributed by atoms with van der Waals surface area (Å²) >= 11 is 1.58. The van der Waals surface area contributed by atoms with Crippen molar-refractivity contribution >= 4 is 32.6 Å². The molecule has 0 saturated carbocycles. The van der Waals surface area contributed by atoms with E-state index in [-0.39, 0.29) is 5.91 Å². The summed E-state index contributed by atoms with van der Waals surface area (Å²) in [4.78, 5) is 22.4. The van der Waals surface area contributed by atoms with Gasteiger partial charge < -0.3 is 4.74 Å². The Morgan fingerprint density at radius 3 is 2.77 bits per heavy atom. The first kappa shape index (κ1) is 21.0. The van der Waals surface area contributed by atoms with Crippen molar-refractivity contribution in [3.05, 3.63) is 41.2 Å². The second kappa shape index (κ2) is 9.24. The van der Waals surface area contributed by atoms with Crippen LogP contribution in [0.25, 0.3) is 10.2 Å². The number of aryl methyl sites for hydroxylation is 3. The Bertz CT molecular complexity index is 1020. The number of ether oxygens (including phenoxy) is 1. The lowest BCUT2D eigenvalue weighted by Gasteiger charge is -2.27. The van der Waals surface area contributed by atoms with Crippen molar-refractivity contribution in [3.8, 4) is 0 Å². The molecule has 2 aromatic heterocycles. The van der Waals surface area contributed by atoms with Crippen LogP contribution < -0.4 is 4.90 Å². The summed E-state index contributed by atoms with van der Waals surface area (Å²) in [5.41, 5.74) is 3.84. The molecule has 4 rings (SSSR count). The molecule has 7 nitrogen and oxygen atoms in total. The van der Waals surface area contributed by atoms with Crippen LogP contribution in [0.3, 0.4) is 0 Å². The lowest BCUT2D eigenvalue weighted by Crippen LogP contribution is -2.39. The Labute approximate surface area is 181 Å². The van der Waals surface area contributed by atoms with Crippen LogP contribution in [0.15, 0.2) is 24.4 Å². The van der Waals surface area contributed by atoms with Gasteiger partial charge in [-0.05, 0) is 50.5 Å². The zero-order chi connectivity index (χ0) is 21.1. The highest BCUT2D eigenvalue weighted by Gasteiger charge is 2.24. The van der Waals surface area contributed by atoms with Gasteiger partial charge in [0.2, 0.25) is 0 Å². The quantitative estimate of drug-likeness (QED) is 0.577. The zero-order valence-corrected chi connectivity index (χ0v) is 18.7. The molecule has 0 aliphatic carbocycles. The number of hydrogen-bond donors (Lipinski definition) is 0. The van der Waals surface area contributed by atoms with Crippen LogP contribution in [0.5, 0.6) is 0 Å². The van der Waals surface area contributed by atoms with Crippen LogP contribution in [0.1, 0.15) is 35.0 Å². The molecule has 0 unspecified atom stereocenters. The van der Waals surface area contributed by atoms with Crippen LogP contribution in [0, 0.1) is 13.8 Å². The molecule has 1 aliphatic heterocycles. The molecule has 0 bridgehead atoms. The molecule has 3 aromatic rings. The first-order valence-corrected chi connectivity index (χ1v) is 11.4. The van der Waals surface area contributed by atoms with Crippen LogP contribution in [0.2, 0.25) is 0 Å². The molecule has 0 atom stereocenters. The Balaban J connectivity index is 1.59. The lowest BCUT2D eigenvalue weighted by molar-refractivity contribution is 0.0376. The fraction of sp³-hybridized carbons (Fsp3) is 0.500. The van der Waals surface area contributed by atoms with E-state index in [2.05, 4.69) is 36.0 Å². The summed E-state index contributed by atoms with van der Waals surface area (Å²) in [6, 6.07) is 6.01. The smallest absolute Gasteiger partial charge is 0.280 e. The lowest BCUT2D eigenvalue weighted by atomic mass is 10.1. The number of thiazole rings is 1. The van der Waals surface area contributed by atoms with Gasteiger partial charge >= 0.3 is 0 Å². The Kier molecular flexibility index (Phi) is 6.46. The Hall–Kier alpha value is -2.29. The van der Waals surface area contributed by atoms with Crippen molar-refractivity contribution in [1.82, 2.24) is 19.7 Å². The fourth-order valence-corrected chi connectivity index (χ4v) is 4.73. The molecular weight excluding hydrogens is 398 g/mol. The number of carbonyl (C=O) groups excluding carboxylic acids is 1. The number of hydrogen-bond acceptors (Lipinski definition) is 6. The van der Waals surface area contributed by atoms with Crippen LogP contribution in [-0.4, -0.2) is 65.0 Å². The molecule has 1 aromatic carbocycles. The van der Waals surface area contributed by atoms with Crippen LogP contribution in [-0.2, 0) is 11.3 Å². The van der Waals surface area contributed by atoms with Crippen molar-refractivity contribution in [3.63, 3.8) is 0 Å². The number of amides is 1. The van der Waals surface area contributed by atoms with Crippen molar-refractivity contribution in [2.75, 3.05) is 44.3 Å². The van der Waals surface area contributed by atoms with Crippen LogP contribution in [0.4, 0.5) is 5.13 Å². The van der Waals surface area contributed by atoms with Gasteiger partial charge in [-0.1, -0.05) is 17.4 Å². The number of fused-ring (bicyclic) bond motifs is 1. The molecule has 1 aliphatic rings. The molecule has 0 radical (unpaired) electrons. The molecule has 0 spiro atoms. The molecule has 8 heteroatoms. The maximum Gasteiger partial charge on any atom is 0.280 e. The highest BCUT2D eigenvalue weighted by molar-refractivity contribution is 7.22. The third-order valence-electron chi connectivity index (χ3n) is 5.69. The number of benzene rings is 1. The standard InChI is InChI=1S/C22H29N5O2S/c1-4-26-11-8-18(24-26)21(28)27(10-5-9-25-12-14-29-15-13-25)22-23-20-17(3)16(2)6-7-19(20)30-22/h6-8,11H,4-5,9-10,12-15H2,1-3H3. The fourth-order valence-electron chi connectivity index (χ4n) is 3.68. The van der Waals surface area contributed by atoms with Gasteiger partial charge in [0, 0.05) is 38.9 Å².